The fraction of sp³-hybridized carbons (Fsp3) is 0.190. The summed E-state index contributed by atoms with van der Waals surface area (Å²) in [6.45, 7) is 2.35. The third-order valence-corrected chi connectivity index (χ3v) is 4.49. The molecule has 1 saturated heterocycles. The number of para-hydroxylation sites is 2. The van der Waals surface area contributed by atoms with Crippen LogP contribution in [0, 0.1) is 0 Å². The van der Waals surface area contributed by atoms with Crippen molar-refractivity contribution in [2.75, 3.05) is 31.6 Å². The van der Waals surface area contributed by atoms with Crippen molar-refractivity contribution in [3.8, 4) is 0 Å². The molecule has 1 N–H and O–H groups in total. The summed E-state index contributed by atoms with van der Waals surface area (Å²) in [6.07, 6.45) is 2.23. The summed E-state index contributed by atoms with van der Waals surface area (Å²) in [4.78, 5) is 30.0. The normalized spacial score (nSPS) is 14.9. The predicted octanol–water partition coefficient (Wildman–Crippen LogP) is 2.95. The lowest BCUT2D eigenvalue weighted by Gasteiger charge is -2.26. The molecule has 0 aliphatic carbocycles. The van der Waals surface area contributed by atoms with E-state index >= 15 is 0 Å². The highest BCUT2D eigenvalue weighted by atomic mass is 16.5. The maximum absolute atomic E-state index is 12.5. The van der Waals surface area contributed by atoms with E-state index < -0.39 is 0 Å². The molecule has 142 valence electrons. The summed E-state index contributed by atoms with van der Waals surface area (Å²) < 4.78 is 10.9. The van der Waals surface area contributed by atoms with Gasteiger partial charge in [-0.1, -0.05) is 12.1 Å². The molecule has 1 aliphatic heterocycles. The lowest BCUT2D eigenvalue weighted by atomic mass is 10.1. The first-order valence-corrected chi connectivity index (χ1v) is 8.99. The van der Waals surface area contributed by atoms with Gasteiger partial charge in [-0.3, -0.25) is 9.59 Å². The van der Waals surface area contributed by atoms with Crippen molar-refractivity contribution in [1.82, 2.24) is 9.88 Å². The molecule has 28 heavy (non-hydrogen) atoms. The van der Waals surface area contributed by atoms with Crippen LogP contribution >= 0.6 is 0 Å². The fourth-order valence-electron chi connectivity index (χ4n) is 2.96. The first kappa shape index (κ1) is 17.9. The van der Waals surface area contributed by atoms with Crippen LogP contribution in [0.25, 0.3) is 16.7 Å². The molecular formula is C21H19N3O4. The number of aldehydes is 1. The van der Waals surface area contributed by atoms with Gasteiger partial charge in [0.1, 0.15) is 5.52 Å². The van der Waals surface area contributed by atoms with Gasteiger partial charge in [0.2, 0.25) is 5.89 Å². The maximum atomic E-state index is 12.5. The van der Waals surface area contributed by atoms with Crippen molar-refractivity contribution in [3.05, 3.63) is 66.2 Å². The second-order valence-electron chi connectivity index (χ2n) is 6.33. The number of ether oxygens (including phenoxy) is 1. The molecule has 1 aromatic heterocycles. The van der Waals surface area contributed by atoms with E-state index in [1.807, 2.05) is 18.2 Å². The van der Waals surface area contributed by atoms with Gasteiger partial charge in [-0.15, -0.1) is 0 Å². The molecule has 3 aromatic rings. The topological polar surface area (TPSA) is 84.7 Å². The van der Waals surface area contributed by atoms with Crippen LogP contribution in [0.1, 0.15) is 16.2 Å². The minimum Gasteiger partial charge on any atom is -0.436 e. The maximum Gasteiger partial charge on any atom is 0.254 e. The molecule has 0 atom stereocenters. The Morgan fingerprint density at radius 1 is 1.07 bits per heavy atom. The SMILES string of the molecule is O=C/C(=C/Nc1ccc(C(=O)N2CCOCC2)cc1)c1nc2ccccc2o1. The largest absolute Gasteiger partial charge is 0.436 e. The molecular weight excluding hydrogens is 358 g/mol. The molecule has 0 unspecified atom stereocenters. The highest BCUT2D eigenvalue weighted by molar-refractivity contribution is 6.06. The van der Waals surface area contributed by atoms with Crippen molar-refractivity contribution < 1.29 is 18.7 Å². The van der Waals surface area contributed by atoms with Crippen LogP contribution in [0.4, 0.5) is 5.69 Å². The zero-order valence-corrected chi connectivity index (χ0v) is 15.1. The third-order valence-electron chi connectivity index (χ3n) is 4.49. The van der Waals surface area contributed by atoms with Crippen LogP contribution in [0.3, 0.4) is 0 Å². The number of amides is 1. The van der Waals surface area contributed by atoms with E-state index in [9.17, 15) is 9.59 Å². The lowest BCUT2D eigenvalue weighted by Crippen LogP contribution is -2.40. The number of hydrogen-bond acceptors (Lipinski definition) is 6. The van der Waals surface area contributed by atoms with Crippen molar-refractivity contribution in [2.45, 2.75) is 0 Å². The van der Waals surface area contributed by atoms with Crippen LogP contribution in [0.5, 0.6) is 0 Å². The van der Waals surface area contributed by atoms with E-state index in [0.717, 1.165) is 5.69 Å². The van der Waals surface area contributed by atoms with Crippen LogP contribution in [-0.2, 0) is 9.53 Å². The van der Waals surface area contributed by atoms with Gasteiger partial charge in [0.25, 0.3) is 5.91 Å². The molecule has 7 heteroatoms. The Hall–Kier alpha value is -3.45. The van der Waals surface area contributed by atoms with Gasteiger partial charge in [0, 0.05) is 30.5 Å². The van der Waals surface area contributed by atoms with Gasteiger partial charge in [-0.2, -0.15) is 0 Å². The number of aromatic nitrogens is 1. The number of carbonyl (C=O) groups is 2. The van der Waals surface area contributed by atoms with E-state index in [0.29, 0.717) is 54.8 Å². The molecule has 4 rings (SSSR count). The second-order valence-corrected chi connectivity index (χ2v) is 6.33. The van der Waals surface area contributed by atoms with Gasteiger partial charge in [0.05, 0.1) is 18.8 Å². The summed E-state index contributed by atoms with van der Waals surface area (Å²) in [7, 11) is 0. The molecule has 0 saturated carbocycles. The summed E-state index contributed by atoms with van der Waals surface area (Å²) in [6, 6.07) is 14.4. The second kappa shape index (κ2) is 8.06. The van der Waals surface area contributed by atoms with Gasteiger partial charge < -0.3 is 19.4 Å². The van der Waals surface area contributed by atoms with Crippen LogP contribution in [0.15, 0.2) is 59.1 Å². The summed E-state index contributed by atoms with van der Waals surface area (Å²) in [5.74, 6) is 0.244. The minimum atomic E-state index is -0.00884. The zero-order valence-electron chi connectivity index (χ0n) is 15.1. The highest BCUT2D eigenvalue weighted by Crippen LogP contribution is 2.20. The van der Waals surface area contributed by atoms with E-state index in [4.69, 9.17) is 9.15 Å². The molecule has 1 fully saturated rings. The monoisotopic (exact) mass is 377 g/mol. The van der Waals surface area contributed by atoms with E-state index in [-0.39, 0.29) is 11.8 Å². The minimum absolute atomic E-state index is 0.00884. The molecule has 1 aliphatic rings. The molecule has 2 heterocycles. The van der Waals surface area contributed by atoms with Gasteiger partial charge >= 0.3 is 0 Å². The van der Waals surface area contributed by atoms with Crippen molar-refractivity contribution in [3.63, 3.8) is 0 Å². The molecule has 2 aromatic carbocycles. The highest BCUT2D eigenvalue weighted by Gasteiger charge is 2.18. The molecule has 1 amide bonds. The summed E-state index contributed by atoms with van der Waals surface area (Å²) >= 11 is 0. The first-order chi connectivity index (χ1) is 13.7. The Bertz CT molecular complexity index is 985. The quantitative estimate of drug-likeness (QED) is 0.544. The number of carbonyl (C=O) groups excluding carboxylic acids is 2. The van der Waals surface area contributed by atoms with Crippen molar-refractivity contribution >= 4 is 34.6 Å². The Labute approximate surface area is 161 Å². The molecule has 0 radical (unpaired) electrons. The smallest absolute Gasteiger partial charge is 0.254 e. The standard InChI is InChI=1S/C21H19N3O4/c25-14-16(20-23-18-3-1-2-4-19(18)28-20)13-22-17-7-5-15(6-8-17)21(26)24-9-11-27-12-10-24/h1-8,13-14,22H,9-12H2/b16-13-. The van der Waals surface area contributed by atoms with Gasteiger partial charge in [0.15, 0.2) is 11.9 Å². The van der Waals surface area contributed by atoms with Crippen LogP contribution in [0.2, 0.25) is 0 Å². The molecule has 0 bridgehead atoms. The van der Waals surface area contributed by atoms with Crippen molar-refractivity contribution in [1.29, 1.82) is 0 Å². The predicted molar refractivity (Wildman–Crippen MR) is 105 cm³/mol. The first-order valence-electron chi connectivity index (χ1n) is 8.99. The number of nitrogens with zero attached hydrogens (tertiary/aromatic N) is 2. The molecule has 7 nitrogen and oxygen atoms in total. The van der Waals surface area contributed by atoms with E-state index in [1.165, 1.54) is 6.20 Å². The fourth-order valence-corrected chi connectivity index (χ4v) is 2.96. The summed E-state index contributed by atoms with van der Waals surface area (Å²) in [5, 5.41) is 3.05. The van der Waals surface area contributed by atoms with Gasteiger partial charge in [-0.05, 0) is 36.4 Å². The molecule has 0 spiro atoms. The number of benzene rings is 2. The number of allylic oxidation sites excluding steroid dienone is 1. The summed E-state index contributed by atoms with van der Waals surface area (Å²) in [5.41, 5.74) is 2.97. The number of fused-ring (bicyclic) bond motifs is 1. The Balaban J connectivity index is 1.47. The number of anilines is 1. The van der Waals surface area contributed by atoms with E-state index in [2.05, 4.69) is 10.3 Å². The van der Waals surface area contributed by atoms with E-state index in [1.54, 1.807) is 35.2 Å². The third kappa shape index (κ3) is 3.79. The Morgan fingerprint density at radius 2 is 1.82 bits per heavy atom. The number of rotatable bonds is 5. The van der Waals surface area contributed by atoms with Gasteiger partial charge in [-0.25, -0.2) is 4.98 Å². The van der Waals surface area contributed by atoms with Crippen LogP contribution < -0.4 is 5.32 Å². The van der Waals surface area contributed by atoms with Crippen LogP contribution in [-0.4, -0.2) is 48.4 Å². The Kier molecular flexibility index (Phi) is 5.16. The average Bonchev–Trinajstić information content (AvgIpc) is 3.19. The number of oxazole rings is 1. The number of morpholine rings is 1. The number of nitrogens with one attached hydrogen (secondary N) is 1. The number of hydrogen-bond donors (Lipinski definition) is 1. The average molecular weight is 377 g/mol. The lowest BCUT2D eigenvalue weighted by molar-refractivity contribution is -0.103. The van der Waals surface area contributed by atoms with Crippen molar-refractivity contribution in [2.24, 2.45) is 0 Å². The Morgan fingerprint density at radius 3 is 2.54 bits per heavy atom. The zero-order chi connectivity index (χ0) is 19.3.